The normalized spacial score (nSPS) is 10.8. The lowest BCUT2D eigenvalue weighted by molar-refractivity contribution is 0.453. The van der Waals surface area contributed by atoms with Gasteiger partial charge >= 0.3 is 0 Å². The Morgan fingerprint density at radius 1 is 1.14 bits per heavy atom. The van der Waals surface area contributed by atoms with Crippen molar-refractivity contribution in [1.82, 2.24) is 4.98 Å². The maximum atomic E-state index is 13.4. The third kappa shape index (κ3) is 3.04. The van der Waals surface area contributed by atoms with Crippen LogP contribution in [0.4, 0.5) is 4.39 Å². The Morgan fingerprint density at radius 3 is 2.71 bits per heavy atom. The minimum absolute atomic E-state index is 0.295. The standard InChI is InChI=1S/C16H12BrFN2O/c17-12-6-13(18)8-14(7-12)21-16-11(9-19)5-10-3-1-2-4-15(10)20-16/h1-8H,9,19H2. The molecular formula is C16H12BrFN2O. The maximum Gasteiger partial charge on any atom is 0.224 e. The van der Waals surface area contributed by atoms with Crippen molar-refractivity contribution in [2.45, 2.75) is 6.54 Å². The van der Waals surface area contributed by atoms with Crippen LogP contribution in [-0.2, 0) is 6.54 Å². The Bertz CT molecular complexity index is 787. The number of ether oxygens (including phenoxy) is 1. The van der Waals surface area contributed by atoms with Gasteiger partial charge in [0.15, 0.2) is 0 Å². The quantitative estimate of drug-likeness (QED) is 0.765. The number of para-hydroxylation sites is 1. The van der Waals surface area contributed by atoms with Crippen molar-refractivity contribution in [1.29, 1.82) is 0 Å². The van der Waals surface area contributed by atoms with E-state index >= 15 is 0 Å². The molecule has 0 bridgehead atoms. The number of benzene rings is 2. The molecule has 1 heterocycles. The third-order valence-electron chi connectivity index (χ3n) is 3.03. The highest BCUT2D eigenvalue weighted by atomic mass is 79.9. The average molecular weight is 347 g/mol. The van der Waals surface area contributed by atoms with Gasteiger partial charge in [0.25, 0.3) is 0 Å². The van der Waals surface area contributed by atoms with Gasteiger partial charge in [-0.05, 0) is 24.3 Å². The molecule has 21 heavy (non-hydrogen) atoms. The second kappa shape index (κ2) is 5.79. The van der Waals surface area contributed by atoms with Crippen molar-refractivity contribution in [2.75, 3.05) is 0 Å². The monoisotopic (exact) mass is 346 g/mol. The highest BCUT2D eigenvalue weighted by molar-refractivity contribution is 9.10. The van der Waals surface area contributed by atoms with Crippen molar-refractivity contribution in [2.24, 2.45) is 5.73 Å². The van der Waals surface area contributed by atoms with Crippen LogP contribution in [0.25, 0.3) is 10.9 Å². The molecule has 0 aliphatic carbocycles. The molecule has 0 aliphatic rings. The molecule has 0 spiro atoms. The van der Waals surface area contributed by atoms with Crippen molar-refractivity contribution in [3.63, 3.8) is 0 Å². The van der Waals surface area contributed by atoms with Gasteiger partial charge in [0.1, 0.15) is 11.6 Å². The van der Waals surface area contributed by atoms with E-state index in [0.29, 0.717) is 22.6 Å². The molecule has 3 rings (SSSR count). The molecule has 0 saturated carbocycles. The zero-order valence-electron chi connectivity index (χ0n) is 11.0. The lowest BCUT2D eigenvalue weighted by Crippen LogP contribution is -2.02. The van der Waals surface area contributed by atoms with E-state index in [2.05, 4.69) is 20.9 Å². The number of nitrogens with two attached hydrogens (primary N) is 1. The van der Waals surface area contributed by atoms with Gasteiger partial charge in [-0.15, -0.1) is 0 Å². The molecule has 5 heteroatoms. The van der Waals surface area contributed by atoms with Crippen LogP contribution in [0.15, 0.2) is 53.0 Å². The average Bonchev–Trinajstić information content (AvgIpc) is 2.45. The lowest BCUT2D eigenvalue weighted by atomic mass is 10.1. The zero-order valence-corrected chi connectivity index (χ0v) is 12.6. The van der Waals surface area contributed by atoms with Crippen LogP contribution in [0, 0.1) is 5.82 Å². The minimum Gasteiger partial charge on any atom is -0.439 e. The number of pyridine rings is 1. The molecule has 0 amide bonds. The van der Waals surface area contributed by atoms with Crippen LogP contribution >= 0.6 is 15.9 Å². The predicted molar refractivity (Wildman–Crippen MR) is 83.8 cm³/mol. The van der Waals surface area contributed by atoms with Crippen LogP contribution in [0.3, 0.4) is 0 Å². The fourth-order valence-corrected chi connectivity index (χ4v) is 2.52. The van der Waals surface area contributed by atoms with Gasteiger partial charge in [-0.1, -0.05) is 34.1 Å². The summed E-state index contributed by atoms with van der Waals surface area (Å²) in [7, 11) is 0. The first-order chi connectivity index (χ1) is 10.2. The summed E-state index contributed by atoms with van der Waals surface area (Å²) in [6.45, 7) is 0.295. The third-order valence-corrected chi connectivity index (χ3v) is 3.49. The number of rotatable bonds is 3. The summed E-state index contributed by atoms with van der Waals surface area (Å²) in [6, 6.07) is 14.0. The highest BCUT2D eigenvalue weighted by Gasteiger charge is 2.09. The molecule has 0 aliphatic heterocycles. The molecular weight excluding hydrogens is 335 g/mol. The molecule has 0 radical (unpaired) electrons. The van der Waals surface area contributed by atoms with E-state index in [0.717, 1.165) is 16.5 Å². The molecule has 2 aromatic carbocycles. The summed E-state index contributed by atoms with van der Waals surface area (Å²) >= 11 is 3.24. The van der Waals surface area contributed by atoms with Crippen molar-refractivity contribution < 1.29 is 9.13 Å². The minimum atomic E-state index is -0.380. The lowest BCUT2D eigenvalue weighted by Gasteiger charge is -2.11. The maximum absolute atomic E-state index is 13.4. The SMILES string of the molecule is NCc1cc2ccccc2nc1Oc1cc(F)cc(Br)c1. The number of hydrogen-bond acceptors (Lipinski definition) is 3. The van der Waals surface area contributed by atoms with Crippen LogP contribution in [0.1, 0.15) is 5.56 Å². The molecule has 1 aromatic heterocycles. The zero-order chi connectivity index (χ0) is 14.8. The second-order valence-electron chi connectivity index (χ2n) is 4.56. The Kier molecular flexibility index (Phi) is 3.86. The summed E-state index contributed by atoms with van der Waals surface area (Å²) < 4.78 is 19.7. The molecule has 0 unspecified atom stereocenters. The van der Waals surface area contributed by atoms with Gasteiger partial charge in [-0.3, -0.25) is 0 Å². The molecule has 0 fully saturated rings. The fraction of sp³-hybridized carbons (Fsp3) is 0.0625. The Hall–Kier alpha value is -1.98. The van der Waals surface area contributed by atoms with Gasteiger partial charge in [-0.25, -0.2) is 9.37 Å². The number of nitrogens with zero attached hydrogens (tertiary/aromatic N) is 1. The fourth-order valence-electron chi connectivity index (χ4n) is 2.08. The van der Waals surface area contributed by atoms with Crippen LogP contribution in [-0.4, -0.2) is 4.98 Å². The Morgan fingerprint density at radius 2 is 1.95 bits per heavy atom. The van der Waals surface area contributed by atoms with Gasteiger partial charge in [0, 0.05) is 28.0 Å². The number of fused-ring (bicyclic) bond motifs is 1. The summed E-state index contributed by atoms with van der Waals surface area (Å²) in [4.78, 5) is 4.46. The van der Waals surface area contributed by atoms with Crippen LogP contribution < -0.4 is 10.5 Å². The molecule has 3 nitrogen and oxygen atoms in total. The first kappa shape index (κ1) is 14.0. The largest absolute Gasteiger partial charge is 0.439 e. The van der Waals surface area contributed by atoms with Crippen LogP contribution in [0.2, 0.25) is 0 Å². The number of halogens is 2. The molecule has 2 N–H and O–H groups in total. The van der Waals surface area contributed by atoms with Gasteiger partial charge < -0.3 is 10.5 Å². The molecule has 0 saturated heterocycles. The van der Waals surface area contributed by atoms with Gasteiger partial charge in [-0.2, -0.15) is 0 Å². The topological polar surface area (TPSA) is 48.1 Å². The first-order valence-corrected chi connectivity index (χ1v) is 7.17. The summed E-state index contributed by atoms with van der Waals surface area (Å²) in [5.74, 6) is 0.391. The summed E-state index contributed by atoms with van der Waals surface area (Å²) in [5.41, 5.74) is 7.33. The van der Waals surface area contributed by atoms with Crippen molar-refractivity contribution >= 4 is 26.8 Å². The van der Waals surface area contributed by atoms with Crippen LogP contribution in [0.5, 0.6) is 11.6 Å². The van der Waals surface area contributed by atoms with E-state index in [4.69, 9.17) is 10.5 Å². The van der Waals surface area contributed by atoms with E-state index < -0.39 is 0 Å². The number of aromatic nitrogens is 1. The Labute approximate surface area is 129 Å². The molecule has 0 atom stereocenters. The Balaban J connectivity index is 2.06. The van der Waals surface area contributed by atoms with Gasteiger partial charge in [0.2, 0.25) is 5.88 Å². The number of hydrogen-bond donors (Lipinski definition) is 1. The summed E-state index contributed by atoms with van der Waals surface area (Å²) in [5, 5.41) is 0.991. The highest BCUT2D eigenvalue weighted by Crippen LogP contribution is 2.29. The smallest absolute Gasteiger partial charge is 0.224 e. The molecule has 3 aromatic rings. The van der Waals surface area contributed by atoms with Gasteiger partial charge in [0.05, 0.1) is 5.52 Å². The van der Waals surface area contributed by atoms with Crippen molar-refractivity contribution in [3.05, 3.63) is 64.4 Å². The van der Waals surface area contributed by atoms with E-state index in [-0.39, 0.29) is 5.82 Å². The van der Waals surface area contributed by atoms with E-state index in [1.807, 2.05) is 30.3 Å². The van der Waals surface area contributed by atoms with E-state index in [1.165, 1.54) is 12.1 Å². The summed E-state index contributed by atoms with van der Waals surface area (Å²) in [6.07, 6.45) is 0. The van der Waals surface area contributed by atoms with E-state index in [9.17, 15) is 4.39 Å². The van der Waals surface area contributed by atoms with E-state index in [1.54, 1.807) is 6.07 Å². The second-order valence-corrected chi connectivity index (χ2v) is 5.47. The predicted octanol–water partition coefficient (Wildman–Crippen LogP) is 4.39. The van der Waals surface area contributed by atoms with Crippen molar-refractivity contribution in [3.8, 4) is 11.6 Å². The first-order valence-electron chi connectivity index (χ1n) is 6.38. The molecule has 106 valence electrons.